The zero-order chi connectivity index (χ0) is 18.2. The number of carbonyl (C=O) groups excluding carboxylic acids is 1. The molecule has 0 amide bonds. The first-order valence-corrected chi connectivity index (χ1v) is 8.70. The molecule has 2 heterocycles. The standard InChI is InChI=1S/C17H24N4O4/c1-3-5-6-11-20-15-14(18-9-10-19-15)16(23)21(17(20)24)12-7-8-13(22)25-4-2/h9-10H,3-8,11-12H2,1-2H3. The van der Waals surface area contributed by atoms with Gasteiger partial charge in [0.15, 0.2) is 11.2 Å². The van der Waals surface area contributed by atoms with Gasteiger partial charge in [-0.1, -0.05) is 19.8 Å². The van der Waals surface area contributed by atoms with Crippen LogP contribution in [0.3, 0.4) is 0 Å². The fourth-order valence-corrected chi connectivity index (χ4v) is 2.66. The second-order valence-corrected chi connectivity index (χ2v) is 5.74. The van der Waals surface area contributed by atoms with E-state index in [0.717, 1.165) is 23.8 Å². The maximum atomic E-state index is 12.7. The van der Waals surface area contributed by atoms with Gasteiger partial charge in [0.1, 0.15) is 0 Å². The predicted molar refractivity (Wildman–Crippen MR) is 93.5 cm³/mol. The van der Waals surface area contributed by atoms with Crippen molar-refractivity contribution in [2.24, 2.45) is 0 Å². The van der Waals surface area contributed by atoms with Crippen LogP contribution in [0.15, 0.2) is 22.0 Å². The zero-order valence-electron chi connectivity index (χ0n) is 14.7. The lowest BCUT2D eigenvalue weighted by Gasteiger charge is -2.12. The van der Waals surface area contributed by atoms with Crippen LogP contribution in [0.5, 0.6) is 0 Å². The van der Waals surface area contributed by atoms with Crippen molar-refractivity contribution in [3.8, 4) is 0 Å². The summed E-state index contributed by atoms with van der Waals surface area (Å²) in [5.41, 5.74) is -0.383. The lowest BCUT2D eigenvalue weighted by atomic mass is 10.2. The Morgan fingerprint density at radius 2 is 1.76 bits per heavy atom. The number of hydrogen-bond donors (Lipinski definition) is 0. The molecule has 0 aromatic carbocycles. The lowest BCUT2D eigenvalue weighted by molar-refractivity contribution is -0.143. The summed E-state index contributed by atoms with van der Waals surface area (Å²) in [5, 5.41) is 0. The van der Waals surface area contributed by atoms with Crippen molar-refractivity contribution in [3.63, 3.8) is 0 Å². The molecule has 25 heavy (non-hydrogen) atoms. The van der Waals surface area contributed by atoms with E-state index in [1.54, 1.807) is 6.92 Å². The Balaban J connectivity index is 2.34. The average molecular weight is 348 g/mol. The minimum absolute atomic E-state index is 0.150. The number of aromatic nitrogens is 4. The summed E-state index contributed by atoms with van der Waals surface area (Å²) in [6.07, 6.45) is 6.26. The number of nitrogens with zero attached hydrogens (tertiary/aromatic N) is 4. The molecule has 2 aromatic rings. The van der Waals surface area contributed by atoms with E-state index in [9.17, 15) is 14.4 Å². The number of unbranched alkanes of at least 4 members (excludes halogenated alkanes) is 2. The minimum atomic E-state index is -0.469. The molecule has 0 unspecified atom stereocenters. The van der Waals surface area contributed by atoms with E-state index in [1.807, 2.05) is 0 Å². The summed E-state index contributed by atoms with van der Waals surface area (Å²) in [6.45, 7) is 4.77. The fourth-order valence-electron chi connectivity index (χ4n) is 2.66. The van der Waals surface area contributed by atoms with Gasteiger partial charge in [-0.3, -0.25) is 18.7 Å². The highest BCUT2D eigenvalue weighted by atomic mass is 16.5. The number of carbonyl (C=O) groups is 1. The maximum absolute atomic E-state index is 12.7. The van der Waals surface area contributed by atoms with E-state index in [4.69, 9.17) is 4.74 Å². The maximum Gasteiger partial charge on any atom is 0.332 e. The summed E-state index contributed by atoms with van der Waals surface area (Å²) in [4.78, 5) is 45.0. The first-order valence-electron chi connectivity index (χ1n) is 8.70. The van der Waals surface area contributed by atoms with Crippen LogP contribution in [0.4, 0.5) is 0 Å². The van der Waals surface area contributed by atoms with Crippen molar-refractivity contribution < 1.29 is 9.53 Å². The monoisotopic (exact) mass is 348 g/mol. The number of fused-ring (bicyclic) bond motifs is 1. The molecule has 2 rings (SSSR count). The van der Waals surface area contributed by atoms with Gasteiger partial charge in [-0.25, -0.2) is 14.8 Å². The van der Waals surface area contributed by atoms with Gasteiger partial charge in [0.05, 0.1) is 6.61 Å². The van der Waals surface area contributed by atoms with Gasteiger partial charge in [0.2, 0.25) is 0 Å². The molecule has 136 valence electrons. The van der Waals surface area contributed by atoms with Crippen molar-refractivity contribution in [2.75, 3.05) is 6.61 Å². The molecule has 8 heteroatoms. The van der Waals surface area contributed by atoms with Crippen LogP contribution in [-0.2, 0) is 22.6 Å². The van der Waals surface area contributed by atoms with Gasteiger partial charge in [-0.2, -0.15) is 0 Å². The SMILES string of the molecule is CCCCCn1c(=O)n(CCCC(=O)OCC)c(=O)c2nccnc21. The number of esters is 1. The Morgan fingerprint density at radius 1 is 1.04 bits per heavy atom. The van der Waals surface area contributed by atoms with Crippen LogP contribution in [0.25, 0.3) is 11.2 Å². The largest absolute Gasteiger partial charge is 0.466 e. The molecule has 0 radical (unpaired) electrons. The zero-order valence-corrected chi connectivity index (χ0v) is 14.7. The third-order valence-electron chi connectivity index (χ3n) is 3.90. The van der Waals surface area contributed by atoms with E-state index >= 15 is 0 Å². The smallest absolute Gasteiger partial charge is 0.332 e. The Morgan fingerprint density at radius 3 is 2.48 bits per heavy atom. The summed E-state index contributed by atoms with van der Waals surface area (Å²) in [6, 6.07) is 0. The van der Waals surface area contributed by atoms with Crippen molar-refractivity contribution in [1.29, 1.82) is 0 Å². The van der Waals surface area contributed by atoms with Crippen LogP contribution < -0.4 is 11.2 Å². The average Bonchev–Trinajstić information content (AvgIpc) is 2.61. The minimum Gasteiger partial charge on any atom is -0.466 e. The molecule has 0 aliphatic carbocycles. The van der Waals surface area contributed by atoms with E-state index in [1.165, 1.54) is 17.0 Å². The quantitative estimate of drug-likeness (QED) is 0.503. The van der Waals surface area contributed by atoms with Crippen LogP contribution in [0, 0.1) is 0 Å². The summed E-state index contributed by atoms with van der Waals surface area (Å²) < 4.78 is 7.51. The van der Waals surface area contributed by atoms with Gasteiger partial charge < -0.3 is 4.74 Å². The van der Waals surface area contributed by atoms with E-state index < -0.39 is 11.2 Å². The third-order valence-corrected chi connectivity index (χ3v) is 3.90. The van der Waals surface area contributed by atoms with Crippen LogP contribution in [0.1, 0.15) is 46.0 Å². The first-order chi connectivity index (χ1) is 12.1. The van der Waals surface area contributed by atoms with E-state index in [-0.39, 0.29) is 24.5 Å². The molecule has 0 N–H and O–H groups in total. The van der Waals surface area contributed by atoms with E-state index in [0.29, 0.717) is 25.2 Å². The summed E-state index contributed by atoms with van der Waals surface area (Å²) in [5.74, 6) is -0.334. The highest BCUT2D eigenvalue weighted by Crippen LogP contribution is 2.04. The normalized spacial score (nSPS) is 11.0. The third kappa shape index (κ3) is 4.52. The highest BCUT2D eigenvalue weighted by Gasteiger charge is 2.15. The van der Waals surface area contributed by atoms with Gasteiger partial charge >= 0.3 is 11.7 Å². The van der Waals surface area contributed by atoms with Crippen molar-refractivity contribution in [3.05, 3.63) is 33.2 Å². The molecule has 0 spiro atoms. The van der Waals surface area contributed by atoms with Crippen molar-refractivity contribution >= 4 is 17.1 Å². The van der Waals surface area contributed by atoms with Crippen LogP contribution in [-0.4, -0.2) is 31.7 Å². The highest BCUT2D eigenvalue weighted by molar-refractivity contribution is 5.69. The number of hydrogen-bond acceptors (Lipinski definition) is 6. The van der Waals surface area contributed by atoms with Gasteiger partial charge in [-0.15, -0.1) is 0 Å². The predicted octanol–water partition coefficient (Wildman–Crippen LogP) is 1.49. The number of rotatable bonds is 9. The lowest BCUT2D eigenvalue weighted by Crippen LogP contribution is -2.41. The van der Waals surface area contributed by atoms with Crippen molar-refractivity contribution in [2.45, 2.75) is 59.0 Å². The molecular formula is C17H24N4O4. The molecule has 0 saturated heterocycles. The molecule has 0 saturated carbocycles. The van der Waals surface area contributed by atoms with Crippen LogP contribution in [0.2, 0.25) is 0 Å². The van der Waals surface area contributed by atoms with Gasteiger partial charge in [-0.05, 0) is 19.8 Å². The molecule has 2 aromatic heterocycles. The van der Waals surface area contributed by atoms with Crippen LogP contribution >= 0.6 is 0 Å². The Kier molecular flexibility index (Phi) is 6.85. The molecule has 0 aliphatic rings. The van der Waals surface area contributed by atoms with Gasteiger partial charge in [0, 0.05) is 31.9 Å². The van der Waals surface area contributed by atoms with E-state index in [2.05, 4.69) is 16.9 Å². The molecule has 0 atom stereocenters. The number of ether oxygens (including phenoxy) is 1. The first kappa shape index (κ1) is 18.8. The Hall–Kier alpha value is -2.51. The van der Waals surface area contributed by atoms with Crippen molar-refractivity contribution in [1.82, 2.24) is 19.1 Å². The molecular weight excluding hydrogens is 324 g/mol. The second kappa shape index (κ2) is 9.10. The molecule has 0 aliphatic heterocycles. The Bertz CT molecular complexity index is 841. The topological polar surface area (TPSA) is 96.1 Å². The Labute approximate surface area is 145 Å². The molecule has 0 fully saturated rings. The summed E-state index contributed by atoms with van der Waals surface area (Å²) >= 11 is 0. The molecule has 0 bridgehead atoms. The second-order valence-electron chi connectivity index (χ2n) is 5.74. The summed E-state index contributed by atoms with van der Waals surface area (Å²) in [7, 11) is 0. The number of aryl methyl sites for hydroxylation is 1. The molecule has 8 nitrogen and oxygen atoms in total. The van der Waals surface area contributed by atoms with Gasteiger partial charge in [0.25, 0.3) is 5.56 Å². The fraction of sp³-hybridized carbons (Fsp3) is 0.588.